The van der Waals surface area contributed by atoms with Crippen molar-refractivity contribution < 1.29 is 28.7 Å². The lowest BCUT2D eigenvalue weighted by Crippen LogP contribution is -2.38. The van der Waals surface area contributed by atoms with Gasteiger partial charge in [-0.3, -0.25) is 29.8 Å². The molecule has 0 radical (unpaired) electrons. The fourth-order valence-electron chi connectivity index (χ4n) is 4.87. The number of carbonyl (C=O) groups is 4. The molecule has 51 heavy (non-hydrogen) atoms. The van der Waals surface area contributed by atoms with Crippen LogP contribution in [0.3, 0.4) is 0 Å². The number of hydrogen-bond acceptors (Lipinski definition) is 13. The molecule has 13 nitrogen and oxygen atoms in total. The number of rotatable bonds is 19. The summed E-state index contributed by atoms with van der Waals surface area (Å²) in [4.78, 5) is 51.0. The minimum Gasteiger partial charge on any atom is -0.464 e. The number of aromatic nitrogens is 4. The SMILES string of the molecule is CC(C)CC(=O)OCC(C(=O)Nc1nnc(CCCCc2nnc(NC(=O)C(COC(=O)[C@@H](N)C(C)C)c3ccccc3)s2)s1)c1ccccc1. The van der Waals surface area contributed by atoms with Gasteiger partial charge in [-0.05, 0) is 35.8 Å². The van der Waals surface area contributed by atoms with Crippen molar-refractivity contribution in [2.24, 2.45) is 17.6 Å². The minimum atomic E-state index is -0.777. The summed E-state index contributed by atoms with van der Waals surface area (Å²) in [6.45, 7) is 7.30. The van der Waals surface area contributed by atoms with Crippen LogP contribution in [0, 0.1) is 11.8 Å². The van der Waals surface area contributed by atoms with E-state index in [4.69, 9.17) is 15.2 Å². The predicted molar refractivity (Wildman–Crippen MR) is 196 cm³/mol. The smallest absolute Gasteiger partial charge is 0.323 e. The van der Waals surface area contributed by atoms with Crippen LogP contribution in [0.2, 0.25) is 0 Å². The second kappa shape index (κ2) is 19.7. The lowest BCUT2D eigenvalue weighted by Gasteiger charge is -2.19. The lowest BCUT2D eigenvalue weighted by molar-refractivity contribution is -0.148. The number of hydrogen-bond donors (Lipinski definition) is 3. The molecular weight excluding hydrogens is 691 g/mol. The van der Waals surface area contributed by atoms with Gasteiger partial charge in [0.1, 0.15) is 29.3 Å². The van der Waals surface area contributed by atoms with Crippen LogP contribution in [0.25, 0.3) is 0 Å². The number of nitrogens with one attached hydrogen (secondary N) is 2. The van der Waals surface area contributed by atoms with E-state index < -0.39 is 23.8 Å². The van der Waals surface area contributed by atoms with Gasteiger partial charge in [-0.15, -0.1) is 20.4 Å². The number of aryl methyl sites for hydroxylation is 2. The highest BCUT2D eigenvalue weighted by molar-refractivity contribution is 7.15. The molecule has 0 fully saturated rings. The fourth-order valence-corrected chi connectivity index (χ4v) is 6.44. The Labute approximate surface area is 305 Å². The topological polar surface area (TPSA) is 188 Å². The Bertz CT molecular complexity index is 1710. The zero-order chi connectivity index (χ0) is 36.8. The van der Waals surface area contributed by atoms with Crippen LogP contribution < -0.4 is 16.4 Å². The largest absolute Gasteiger partial charge is 0.464 e. The average Bonchev–Trinajstić information content (AvgIpc) is 3.75. The maximum absolute atomic E-state index is 13.3. The highest BCUT2D eigenvalue weighted by atomic mass is 32.1. The Hall–Kier alpha value is -4.60. The third kappa shape index (κ3) is 12.6. The van der Waals surface area contributed by atoms with Crippen molar-refractivity contribution in [3.8, 4) is 0 Å². The number of amides is 2. The van der Waals surface area contributed by atoms with Crippen LogP contribution >= 0.6 is 22.7 Å². The van der Waals surface area contributed by atoms with Crippen molar-refractivity contribution in [3.63, 3.8) is 0 Å². The summed E-state index contributed by atoms with van der Waals surface area (Å²) in [6.07, 6.45) is 3.17. The van der Waals surface area contributed by atoms with Crippen molar-refractivity contribution in [2.45, 2.75) is 77.7 Å². The lowest BCUT2D eigenvalue weighted by atomic mass is 9.99. The van der Waals surface area contributed by atoms with E-state index >= 15 is 0 Å². The van der Waals surface area contributed by atoms with Gasteiger partial charge in [-0.25, -0.2) is 0 Å². The number of ether oxygens (including phenoxy) is 2. The average molecular weight is 736 g/mol. The summed E-state index contributed by atoms with van der Waals surface area (Å²) in [6, 6.07) is 17.5. The Kier molecular flexibility index (Phi) is 15.1. The number of benzene rings is 2. The molecule has 272 valence electrons. The standard InChI is InChI=1S/C36H45N7O6S2/c1-22(2)19-30(44)48-20-26(24-13-7-5-8-14-24)32(45)38-35-42-40-28(50-35)17-11-12-18-29-41-43-36(51-29)39-33(46)27(25-15-9-6-10-16-25)21-49-34(47)31(37)23(3)4/h5-10,13-16,22-23,26-27,31H,11-12,17-21,37H2,1-4H3,(H,38,42,45)(H,39,43,46)/t26?,27?,31-/m0/s1. The number of anilines is 2. The summed E-state index contributed by atoms with van der Waals surface area (Å²) in [5, 5.41) is 24.7. The van der Waals surface area contributed by atoms with Crippen LogP contribution in [0.4, 0.5) is 10.3 Å². The normalized spacial score (nSPS) is 13.0. The van der Waals surface area contributed by atoms with Crippen molar-refractivity contribution in [3.05, 3.63) is 81.8 Å². The zero-order valence-electron chi connectivity index (χ0n) is 29.2. The van der Waals surface area contributed by atoms with E-state index in [1.165, 1.54) is 22.7 Å². The summed E-state index contributed by atoms with van der Waals surface area (Å²) >= 11 is 2.59. The van der Waals surface area contributed by atoms with E-state index in [9.17, 15) is 19.2 Å². The number of esters is 2. The molecule has 2 aromatic carbocycles. The molecule has 4 rings (SSSR count). The monoisotopic (exact) mass is 735 g/mol. The summed E-state index contributed by atoms with van der Waals surface area (Å²) in [5.74, 6) is -2.97. The molecule has 15 heteroatoms. The second-order valence-corrected chi connectivity index (χ2v) is 14.9. The molecule has 0 aliphatic carbocycles. The van der Waals surface area contributed by atoms with Gasteiger partial charge < -0.3 is 15.2 Å². The number of nitrogens with two attached hydrogens (primary N) is 1. The van der Waals surface area contributed by atoms with E-state index in [0.29, 0.717) is 28.7 Å². The van der Waals surface area contributed by atoms with Gasteiger partial charge in [-0.1, -0.05) is 111 Å². The van der Waals surface area contributed by atoms with E-state index in [1.54, 1.807) is 12.1 Å². The van der Waals surface area contributed by atoms with Gasteiger partial charge in [0, 0.05) is 19.3 Å². The first-order chi connectivity index (χ1) is 24.5. The van der Waals surface area contributed by atoms with Gasteiger partial charge in [0.05, 0.1) is 11.8 Å². The van der Waals surface area contributed by atoms with E-state index in [1.807, 2.05) is 76.2 Å². The molecule has 0 aliphatic heterocycles. The van der Waals surface area contributed by atoms with Crippen molar-refractivity contribution in [1.82, 2.24) is 20.4 Å². The molecule has 2 heterocycles. The molecule has 3 atom stereocenters. The summed E-state index contributed by atoms with van der Waals surface area (Å²) in [7, 11) is 0. The van der Waals surface area contributed by atoms with Crippen LogP contribution in [0.1, 0.15) is 79.9 Å². The van der Waals surface area contributed by atoms with Crippen LogP contribution in [-0.4, -0.2) is 63.4 Å². The maximum atomic E-state index is 13.3. The summed E-state index contributed by atoms with van der Waals surface area (Å²) in [5.41, 5.74) is 7.35. The molecule has 2 amide bonds. The molecule has 0 saturated carbocycles. The third-order valence-corrected chi connectivity index (χ3v) is 9.63. The molecule has 0 saturated heterocycles. The molecule has 0 aliphatic rings. The number of carbonyl (C=O) groups excluding carboxylic acids is 4. The number of nitrogens with zero attached hydrogens (tertiary/aromatic N) is 4. The predicted octanol–water partition coefficient (Wildman–Crippen LogP) is 5.52. The fraction of sp³-hybridized carbons (Fsp3) is 0.444. The molecule has 4 aromatic rings. The first kappa shape index (κ1) is 39.2. The summed E-state index contributed by atoms with van der Waals surface area (Å²) < 4.78 is 10.9. The molecule has 0 spiro atoms. The highest BCUT2D eigenvalue weighted by Crippen LogP contribution is 2.25. The quantitative estimate of drug-likeness (QED) is 0.0813. The zero-order valence-corrected chi connectivity index (χ0v) is 30.9. The Morgan fingerprint density at radius 1 is 0.686 bits per heavy atom. The molecule has 4 N–H and O–H groups in total. The van der Waals surface area contributed by atoms with Crippen LogP contribution in [0.15, 0.2) is 60.7 Å². The van der Waals surface area contributed by atoms with Crippen LogP contribution in [-0.2, 0) is 41.5 Å². The van der Waals surface area contributed by atoms with E-state index in [0.717, 1.165) is 28.4 Å². The third-order valence-electron chi connectivity index (χ3n) is 7.83. The highest BCUT2D eigenvalue weighted by Gasteiger charge is 2.27. The van der Waals surface area contributed by atoms with Gasteiger partial charge in [0.15, 0.2) is 0 Å². The van der Waals surface area contributed by atoms with Gasteiger partial charge in [-0.2, -0.15) is 0 Å². The Morgan fingerprint density at radius 2 is 1.14 bits per heavy atom. The van der Waals surface area contributed by atoms with E-state index in [2.05, 4.69) is 31.0 Å². The van der Waals surface area contributed by atoms with Crippen molar-refractivity contribution >= 4 is 56.7 Å². The van der Waals surface area contributed by atoms with Crippen molar-refractivity contribution in [2.75, 3.05) is 23.8 Å². The van der Waals surface area contributed by atoms with Gasteiger partial charge in [0.2, 0.25) is 22.1 Å². The first-order valence-electron chi connectivity index (χ1n) is 16.9. The Morgan fingerprint density at radius 3 is 1.57 bits per heavy atom. The Balaban J connectivity index is 1.25. The van der Waals surface area contributed by atoms with Gasteiger partial charge >= 0.3 is 11.9 Å². The molecule has 0 bridgehead atoms. The maximum Gasteiger partial charge on any atom is 0.323 e. The second-order valence-electron chi connectivity index (χ2n) is 12.8. The molecule has 2 aromatic heterocycles. The minimum absolute atomic E-state index is 0.0687. The van der Waals surface area contributed by atoms with Crippen molar-refractivity contribution in [1.29, 1.82) is 0 Å². The number of unbranched alkanes of at least 4 members (excludes halogenated alkanes) is 1. The molecule has 2 unspecified atom stereocenters. The van der Waals surface area contributed by atoms with E-state index in [-0.39, 0.29) is 49.3 Å². The first-order valence-corrected chi connectivity index (χ1v) is 18.6. The molecular formula is C36H45N7O6S2. The van der Waals surface area contributed by atoms with Crippen LogP contribution in [0.5, 0.6) is 0 Å². The van der Waals surface area contributed by atoms with Gasteiger partial charge in [0.25, 0.3) is 0 Å².